The molecular formula is C20H32N4O2. The molecule has 26 heavy (non-hydrogen) atoms. The molecule has 1 aromatic heterocycles. The maximum Gasteiger partial charge on any atom is 0.317 e. The Morgan fingerprint density at radius 2 is 1.92 bits per heavy atom. The number of amides is 2. The van der Waals surface area contributed by atoms with Gasteiger partial charge in [-0.15, -0.1) is 0 Å². The van der Waals surface area contributed by atoms with Crippen molar-refractivity contribution in [1.29, 1.82) is 0 Å². The molecule has 6 heteroatoms. The van der Waals surface area contributed by atoms with E-state index in [0.717, 1.165) is 57.8 Å². The van der Waals surface area contributed by atoms with E-state index in [-0.39, 0.29) is 11.4 Å². The fourth-order valence-corrected chi connectivity index (χ4v) is 3.92. The molecule has 0 radical (unpaired) electrons. The number of carbonyl (C=O) groups is 1. The summed E-state index contributed by atoms with van der Waals surface area (Å²) in [6.07, 6.45) is 5.91. The first-order valence-corrected chi connectivity index (χ1v) is 9.73. The molecule has 6 nitrogen and oxygen atoms in total. The quantitative estimate of drug-likeness (QED) is 0.899. The van der Waals surface area contributed by atoms with Gasteiger partial charge in [0.25, 0.3) is 0 Å². The number of hydrogen-bond donors (Lipinski definition) is 1. The molecule has 2 saturated heterocycles. The Bertz CT molecular complexity index is 600. The van der Waals surface area contributed by atoms with Crippen LogP contribution in [-0.4, -0.2) is 66.2 Å². The van der Waals surface area contributed by atoms with Crippen LogP contribution in [0.25, 0.3) is 0 Å². The Morgan fingerprint density at radius 1 is 1.23 bits per heavy atom. The summed E-state index contributed by atoms with van der Waals surface area (Å²) in [5, 5.41) is 3.08. The number of piperazine rings is 1. The van der Waals surface area contributed by atoms with Crippen molar-refractivity contribution >= 4 is 6.03 Å². The predicted molar refractivity (Wildman–Crippen MR) is 102 cm³/mol. The minimum Gasteiger partial charge on any atom is -0.381 e. The molecular weight excluding hydrogens is 328 g/mol. The maximum absolute atomic E-state index is 12.6. The molecule has 3 rings (SSSR count). The molecule has 1 N–H and O–H groups in total. The highest BCUT2D eigenvalue weighted by Crippen LogP contribution is 2.25. The summed E-state index contributed by atoms with van der Waals surface area (Å²) >= 11 is 0. The van der Waals surface area contributed by atoms with Crippen molar-refractivity contribution in [2.75, 3.05) is 39.4 Å². The lowest BCUT2D eigenvalue weighted by Gasteiger charge is -2.40. The summed E-state index contributed by atoms with van der Waals surface area (Å²) in [6.45, 7) is 12.3. The summed E-state index contributed by atoms with van der Waals surface area (Å²) in [7, 11) is 0. The standard InChI is InChI=1S/C20H32N4O2/c1-20(2,3)18-4-7-21-14-16(18)15-22-19(25)24-10-8-23(9-11-24)17-5-12-26-13-6-17/h4,7,14,17H,5-6,8-13,15H2,1-3H3,(H,22,25). The monoisotopic (exact) mass is 360 g/mol. The fraction of sp³-hybridized carbons (Fsp3) is 0.700. The average Bonchev–Trinajstić information content (AvgIpc) is 2.66. The smallest absolute Gasteiger partial charge is 0.317 e. The number of nitrogens with one attached hydrogen (secondary N) is 1. The van der Waals surface area contributed by atoms with Gasteiger partial charge >= 0.3 is 6.03 Å². The molecule has 144 valence electrons. The van der Waals surface area contributed by atoms with E-state index in [9.17, 15) is 4.79 Å². The van der Waals surface area contributed by atoms with Gasteiger partial charge in [0.05, 0.1) is 0 Å². The first-order valence-electron chi connectivity index (χ1n) is 9.73. The van der Waals surface area contributed by atoms with Crippen molar-refractivity contribution in [3.63, 3.8) is 0 Å². The van der Waals surface area contributed by atoms with Crippen molar-refractivity contribution in [3.05, 3.63) is 29.6 Å². The normalized spacial score (nSPS) is 20.2. The van der Waals surface area contributed by atoms with Crippen LogP contribution in [0.3, 0.4) is 0 Å². The van der Waals surface area contributed by atoms with Gasteiger partial charge in [0, 0.05) is 64.4 Å². The SMILES string of the molecule is CC(C)(C)c1ccncc1CNC(=O)N1CCN(C2CCOCC2)CC1. The third-order valence-electron chi connectivity index (χ3n) is 5.45. The number of pyridine rings is 1. The second-order valence-electron chi connectivity index (χ2n) is 8.31. The first kappa shape index (κ1) is 19.1. The molecule has 0 bridgehead atoms. The average molecular weight is 361 g/mol. The summed E-state index contributed by atoms with van der Waals surface area (Å²) < 4.78 is 5.45. The molecule has 0 aliphatic carbocycles. The van der Waals surface area contributed by atoms with Crippen molar-refractivity contribution in [1.82, 2.24) is 20.1 Å². The summed E-state index contributed by atoms with van der Waals surface area (Å²) in [5.41, 5.74) is 2.37. The number of hydrogen-bond acceptors (Lipinski definition) is 4. The lowest BCUT2D eigenvalue weighted by molar-refractivity contribution is 0.0187. The van der Waals surface area contributed by atoms with Gasteiger partial charge in [0.1, 0.15) is 0 Å². The number of ether oxygens (including phenoxy) is 1. The van der Waals surface area contributed by atoms with Crippen LogP contribution in [0.1, 0.15) is 44.7 Å². The van der Waals surface area contributed by atoms with Crippen molar-refractivity contribution < 1.29 is 9.53 Å². The van der Waals surface area contributed by atoms with Gasteiger partial charge in [0.15, 0.2) is 0 Å². The van der Waals surface area contributed by atoms with Gasteiger partial charge < -0.3 is 15.0 Å². The van der Waals surface area contributed by atoms with Gasteiger partial charge in [-0.05, 0) is 35.4 Å². The van der Waals surface area contributed by atoms with Crippen LogP contribution in [0.15, 0.2) is 18.5 Å². The number of aromatic nitrogens is 1. The zero-order valence-electron chi connectivity index (χ0n) is 16.3. The third kappa shape index (κ3) is 4.74. The van der Waals surface area contributed by atoms with E-state index in [1.54, 1.807) is 0 Å². The highest BCUT2D eigenvalue weighted by atomic mass is 16.5. The highest BCUT2D eigenvalue weighted by molar-refractivity contribution is 5.74. The zero-order chi connectivity index (χ0) is 18.6. The largest absolute Gasteiger partial charge is 0.381 e. The van der Waals surface area contributed by atoms with Crippen LogP contribution in [0.2, 0.25) is 0 Å². The minimum absolute atomic E-state index is 0.0281. The zero-order valence-corrected chi connectivity index (χ0v) is 16.3. The maximum atomic E-state index is 12.6. The van der Waals surface area contributed by atoms with Crippen LogP contribution in [0, 0.1) is 0 Å². The van der Waals surface area contributed by atoms with Crippen molar-refractivity contribution in [3.8, 4) is 0 Å². The van der Waals surface area contributed by atoms with Gasteiger partial charge in [0.2, 0.25) is 0 Å². The number of rotatable bonds is 3. The van der Waals surface area contributed by atoms with E-state index in [1.807, 2.05) is 23.4 Å². The molecule has 0 spiro atoms. The number of nitrogens with zero attached hydrogens (tertiary/aromatic N) is 3. The topological polar surface area (TPSA) is 57.7 Å². The molecule has 2 aliphatic rings. The Kier molecular flexibility index (Phi) is 6.14. The van der Waals surface area contributed by atoms with E-state index in [1.165, 1.54) is 5.56 Å². The lowest BCUT2D eigenvalue weighted by atomic mass is 9.85. The van der Waals surface area contributed by atoms with Gasteiger partial charge in [-0.2, -0.15) is 0 Å². The van der Waals surface area contributed by atoms with E-state index < -0.39 is 0 Å². The number of carbonyl (C=O) groups excluding carboxylic acids is 1. The van der Waals surface area contributed by atoms with Crippen LogP contribution in [0.5, 0.6) is 0 Å². The molecule has 1 aromatic rings. The summed E-state index contributed by atoms with van der Waals surface area (Å²) in [6, 6.07) is 2.70. The molecule has 2 fully saturated rings. The van der Waals surface area contributed by atoms with E-state index in [4.69, 9.17) is 4.74 Å². The fourth-order valence-electron chi connectivity index (χ4n) is 3.92. The van der Waals surface area contributed by atoms with Gasteiger partial charge in [-0.25, -0.2) is 4.79 Å². The molecule has 0 aromatic carbocycles. The Labute approximate surface area is 156 Å². The Hall–Kier alpha value is -1.66. The predicted octanol–water partition coefficient (Wildman–Crippen LogP) is 2.39. The third-order valence-corrected chi connectivity index (χ3v) is 5.45. The molecule has 3 heterocycles. The summed E-state index contributed by atoms with van der Waals surface area (Å²) in [5.74, 6) is 0. The highest BCUT2D eigenvalue weighted by Gasteiger charge is 2.27. The molecule has 0 unspecified atom stereocenters. The van der Waals surface area contributed by atoms with Crippen LogP contribution >= 0.6 is 0 Å². The van der Waals surface area contributed by atoms with E-state index >= 15 is 0 Å². The van der Waals surface area contributed by atoms with Crippen LogP contribution in [-0.2, 0) is 16.7 Å². The lowest BCUT2D eigenvalue weighted by Crippen LogP contribution is -2.54. The second kappa shape index (κ2) is 8.35. The van der Waals surface area contributed by atoms with Gasteiger partial charge in [-0.3, -0.25) is 9.88 Å². The van der Waals surface area contributed by atoms with Gasteiger partial charge in [-0.1, -0.05) is 20.8 Å². The number of urea groups is 1. The minimum atomic E-state index is 0.0281. The van der Waals surface area contributed by atoms with Crippen LogP contribution < -0.4 is 5.32 Å². The molecule has 2 amide bonds. The first-order chi connectivity index (χ1) is 12.4. The Balaban J connectivity index is 1.49. The van der Waals surface area contributed by atoms with Crippen LogP contribution in [0.4, 0.5) is 4.79 Å². The molecule has 2 aliphatic heterocycles. The van der Waals surface area contributed by atoms with Crippen molar-refractivity contribution in [2.24, 2.45) is 0 Å². The van der Waals surface area contributed by atoms with E-state index in [2.05, 4.69) is 36.0 Å². The van der Waals surface area contributed by atoms with Crippen molar-refractivity contribution in [2.45, 2.75) is 51.6 Å². The Morgan fingerprint density at radius 3 is 2.58 bits per heavy atom. The summed E-state index contributed by atoms with van der Waals surface area (Å²) in [4.78, 5) is 21.3. The molecule has 0 saturated carbocycles. The molecule has 0 atom stereocenters. The van der Waals surface area contributed by atoms with E-state index in [0.29, 0.717) is 12.6 Å². The second-order valence-corrected chi connectivity index (χ2v) is 8.31.